The molecule has 0 heterocycles. The summed E-state index contributed by atoms with van der Waals surface area (Å²) >= 11 is 0. The molecule has 0 bridgehead atoms. The molecule has 0 unspecified atom stereocenters. The van der Waals surface area contributed by atoms with Gasteiger partial charge >= 0.3 is 11.9 Å². The van der Waals surface area contributed by atoms with Gasteiger partial charge in [0.2, 0.25) is 0 Å². The Bertz CT molecular complexity index is 1520. The van der Waals surface area contributed by atoms with Gasteiger partial charge < -0.3 is 9.47 Å². The molecule has 0 radical (unpaired) electrons. The van der Waals surface area contributed by atoms with Crippen LogP contribution in [0.3, 0.4) is 0 Å². The van der Waals surface area contributed by atoms with Crippen LogP contribution in [0.5, 0.6) is 11.5 Å². The number of unbranched alkanes of at least 4 members (excludes halogenated alkanes) is 6. The Hall–Kier alpha value is -4.44. The zero-order chi connectivity index (χ0) is 30.7. The Morgan fingerprint density at radius 2 is 0.795 bits per heavy atom. The summed E-state index contributed by atoms with van der Waals surface area (Å²) in [5, 5.41) is 2.82. The van der Waals surface area contributed by atoms with Crippen LogP contribution in [0.15, 0.2) is 97.1 Å². The van der Waals surface area contributed by atoms with E-state index >= 15 is 0 Å². The zero-order valence-corrected chi connectivity index (χ0v) is 25.9. The van der Waals surface area contributed by atoms with Crippen molar-refractivity contribution in [3.8, 4) is 11.5 Å². The van der Waals surface area contributed by atoms with Gasteiger partial charge in [0.25, 0.3) is 0 Å². The van der Waals surface area contributed by atoms with Crippen LogP contribution in [0.4, 0.5) is 0 Å². The lowest BCUT2D eigenvalue weighted by Crippen LogP contribution is -2.11. The van der Waals surface area contributed by atoms with Crippen molar-refractivity contribution in [1.82, 2.24) is 0 Å². The van der Waals surface area contributed by atoms with Crippen molar-refractivity contribution in [3.63, 3.8) is 0 Å². The lowest BCUT2D eigenvalue weighted by molar-refractivity contribution is 0.0726. The number of ether oxygens (including phenoxy) is 2. The van der Waals surface area contributed by atoms with Crippen LogP contribution < -0.4 is 9.47 Å². The summed E-state index contributed by atoms with van der Waals surface area (Å²) in [6.07, 6.45) is 11.7. The first-order chi connectivity index (χ1) is 21.6. The van der Waals surface area contributed by atoms with Crippen LogP contribution in [-0.2, 0) is 12.8 Å². The van der Waals surface area contributed by atoms with E-state index in [2.05, 4.69) is 13.8 Å². The minimum Gasteiger partial charge on any atom is -0.422 e. The van der Waals surface area contributed by atoms with E-state index in [4.69, 9.17) is 9.47 Å². The van der Waals surface area contributed by atoms with Crippen molar-refractivity contribution in [2.75, 3.05) is 0 Å². The lowest BCUT2D eigenvalue weighted by atomic mass is 10.00. The Morgan fingerprint density at radius 3 is 1.11 bits per heavy atom. The topological polar surface area (TPSA) is 52.6 Å². The lowest BCUT2D eigenvalue weighted by Gasteiger charge is -2.16. The predicted molar refractivity (Wildman–Crippen MR) is 180 cm³/mol. The van der Waals surface area contributed by atoms with E-state index in [1.807, 2.05) is 97.1 Å². The summed E-state index contributed by atoms with van der Waals surface area (Å²) < 4.78 is 12.2. The second kappa shape index (κ2) is 15.3. The molecule has 44 heavy (non-hydrogen) atoms. The Balaban J connectivity index is 1.39. The molecular formula is C40H42O4. The normalized spacial score (nSPS) is 11.1. The standard InChI is InChI=1S/C40H42O4/c1-3-5-7-9-15-29-21-25-31(26-22-29)39(41)43-37-33-17-11-13-19-35(33)38(36-20-14-12-18-34(36)37)44-40(42)32-27-23-30(24-28-32)16-10-8-6-4-2/h11-14,17-28H,3-10,15-16H2,1-2H3. The average Bonchev–Trinajstić information content (AvgIpc) is 3.07. The molecule has 0 N–H and O–H groups in total. The SMILES string of the molecule is CCCCCCc1ccc(C(=O)Oc2c3ccccc3c(OC(=O)c3ccc(CCCCCC)cc3)c3ccccc23)cc1. The number of hydrogen-bond acceptors (Lipinski definition) is 4. The number of fused-ring (bicyclic) bond motifs is 2. The van der Waals surface area contributed by atoms with Gasteiger partial charge in [0.05, 0.1) is 11.1 Å². The molecule has 0 atom stereocenters. The highest BCUT2D eigenvalue weighted by Gasteiger charge is 2.21. The molecule has 226 valence electrons. The van der Waals surface area contributed by atoms with Crippen LogP contribution in [0.25, 0.3) is 21.5 Å². The highest BCUT2D eigenvalue weighted by atomic mass is 16.5. The van der Waals surface area contributed by atoms with Gasteiger partial charge in [0, 0.05) is 21.5 Å². The summed E-state index contributed by atoms with van der Waals surface area (Å²) in [6, 6.07) is 30.6. The predicted octanol–water partition coefficient (Wildman–Crippen LogP) is 10.7. The van der Waals surface area contributed by atoms with Crippen LogP contribution >= 0.6 is 0 Å². The molecular weight excluding hydrogens is 544 g/mol. The first-order valence-corrected chi connectivity index (χ1v) is 16.1. The van der Waals surface area contributed by atoms with Crippen molar-refractivity contribution in [2.45, 2.75) is 78.1 Å². The van der Waals surface area contributed by atoms with Gasteiger partial charge in [-0.25, -0.2) is 9.59 Å². The minimum atomic E-state index is -0.419. The van der Waals surface area contributed by atoms with E-state index in [1.54, 1.807) is 0 Å². The van der Waals surface area contributed by atoms with Gasteiger partial charge in [-0.3, -0.25) is 0 Å². The van der Waals surface area contributed by atoms with Gasteiger partial charge in [0.15, 0.2) is 0 Å². The Kier molecular flexibility index (Phi) is 10.8. The fourth-order valence-corrected chi connectivity index (χ4v) is 5.70. The summed E-state index contributed by atoms with van der Waals surface area (Å²) in [5.74, 6) is 0.0730. The second-order valence-electron chi connectivity index (χ2n) is 11.5. The molecule has 0 amide bonds. The molecule has 0 aliphatic carbocycles. The number of carbonyl (C=O) groups is 2. The van der Waals surface area contributed by atoms with E-state index < -0.39 is 11.9 Å². The molecule has 4 heteroatoms. The molecule has 0 saturated carbocycles. The Morgan fingerprint density at radius 1 is 0.455 bits per heavy atom. The van der Waals surface area contributed by atoms with Crippen molar-refractivity contribution in [2.24, 2.45) is 0 Å². The van der Waals surface area contributed by atoms with Crippen LogP contribution in [-0.4, -0.2) is 11.9 Å². The van der Waals surface area contributed by atoms with E-state index in [0.29, 0.717) is 44.2 Å². The van der Waals surface area contributed by atoms with E-state index in [9.17, 15) is 9.59 Å². The van der Waals surface area contributed by atoms with Crippen molar-refractivity contribution in [1.29, 1.82) is 0 Å². The number of esters is 2. The van der Waals surface area contributed by atoms with Crippen LogP contribution in [0.2, 0.25) is 0 Å². The van der Waals surface area contributed by atoms with Gasteiger partial charge in [-0.05, 0) is 61.1 Å². The van der Waals surface area contributed by atoms with Gasteiger partial charge in [-0.15, -0.1) is 0 Å². The summed E-state index contributed by atoms with van der Waals surface area (Å²) in [6.45, 7) is 4.42. The number of hydrogen-bond donors (Lipinski definition) is 0. The van der Waals surface area contributed by atoms with Crippen molar-refractivity contribution < 1.29 is 19.1 Å². The highest BCUT2D eigenvalue weighted by Crippen LogP contribution is 2.43. The largest absolute Gasteiger partial charge is 0.422 e. The maximum absolute atomic E-state index is 13.4. The highest BCUT2D eigenvalue weighted by molar-refractivity contribution is 6.13. The smallest absolute Gasteiger partial charge is 0.343 e. The van der Waals surface area contributed by atoms with Crippen molar-refractivity contribution in [3.05, 3.63) is 119 Å². The van der Waals surface area contributed by atoms with Crippen LogP contribution in [0.1, 0.15) is 97.1 Å². The molecule has 0 fully saturated rings. The maximum atomic E-state index is 13.4. The average molecular weight is 587 g/mol. The first-order valence-electron chi connectivity index (χ1n) is 16.1. The molecule has 0 spiro atoms. The van der Waals surface area contributed by atoms with Gasteiger partial charge in [-0.1, -0.05) is 125 Å². The molecule has 0 aliphatic rings. The monoisotopic (exact) mass is 586 g/mol. The third kappa shape index (κ3) is 7.55. The molecule has 5 aromatic carbocycles. The Labute approximate surface area is 261 Å². The molecule has 4 nitrogen and oxygen atoms in total. The van der Waals surface area contributed by atoms with Crippen molar-refractivity contribution >= 4 is 33.5 Å². The number of carbonyl (C=O) groups excluding carboxylic acids is 2. The molecule has 0 aromatic heterocycles. The number of benzene rings is 5. The van der Waals surface area contributed by atoms with Crippen LogP contribution in [0, 0.1) is 0 Å². The molecule has 0 saturated heterocycles. The van der Waals surface area contributed by atoms with E-state index in [-0.39, 0.29) is 0 Å². The van der Waals surface area contributed by atoms with E-state index in [0.717, 1.165) is 25.7 Å². The molecule has 5 rings (SSSR count). The number of rotatable bonds is 14. The fourth-order valence-electron chi connectivity index (χ4n) is 5.70. The van der Waals surface area contributed by atoms with Gasteiger partial charge in [0.1, 0.15) is 11.5 Å². The summed E-state index contributed by atoms with van der Waals surface area (Å²) in [5.41, 5.74) is 3.45. The fraction of sp³-hybridized carbons (Fsp3) is 0.300. The number of aryl methyl sites for hydroxylation is 2. The minimum absolute atomic E-state index is 0.419. The first kappa shape index (κ1) is 31.0. The van der Waals surface area contributed by atoms with Gasteiger partial charge in [-0.2, -0.15) is 0 Å². The third-order valence-corrected chi connectivity index (χ3v) is 8.24. The second-order valence-corrected chi connectivity index (χ2v) is 11.5. The van der Waals surface area contributed by atoms with E-state index in [1.165, 1.54) is 49.7 Å². The summed E-state index contributed by atoms with van der Waals surface area (Å²) in [7, 11) is 0. The zero-order valence-electron chi connectivity index (χ0n) is 25.9. The third-order valence-electron chi connectivity index (χ3n) is 8.24. The maximum Gasteiger partial charge on any atom is 0.343 e. The summed E-state index contributed by atoms with van der Waals surface area (Å²) in [4.78, 5) is 26.8. The molecule has 5 aromatic rings. The quantitative estimate of drug-likeness (QED) is 0.0562. The molecule has 0 aliphatic heterocycles.